The van der Waals surface area contributed by atoms with Crippen LogP contribution in [0.3, 0.4) is 0 Å². The van der Waals surface area contributed by atoms with Crippen molar-refractivity contribution in [3.63, 3.8) is 0 Å². The summed E-state index contributed by atoms with van der Waals surface area (Å²) < 4.78 is 5.00. The van der Waals surface area contributed by atoms with E-state index < -0.39 is 29.3 Å². The summed E-state index contributed by atoms with van der Waals surface area (Å²) in [5, 5.41) is 13.4. The second-order valence-electron chi connectivity index (χ2n) is 5.55. The molecule has 1 aromatic carbocycles. The van der Waals surface area contributed by atoms with Gasteiger partial charge in [-0.15, -0.1) is 0 Å². The van der Waals surface area contributed by atoms with Crippen LogP contribution in [0.5, 0.6) is 0 Å². The van der Waals surface area contributed by atoms with Gasteiger partial charge >= 0.3 is 5.97 Å². The summed E-state index contributed by atoms with van der Waals surface area (Å²) in [6.45, 7) is -0.290. The first kappa shape index (κ1) is 18.0. The van der Waals surface area contributed by atoms with Crippen molar-refractivity contribution >= 4 is 29.3 Å². The maximum absolute atomic E-state index is 12.2. The van der Waals surface area contributed by atoms with Gasteiger partial charge in [0.2, 0.25) is 0 Å². The number of fused-ring (bicyclic) bond motifs is 1. The van der Waals surface area contributed by atoms with Gasteiger partial charge in [-0.05, 0) is 18.2 Å². The van der Waals surface area contributed by atoms with E-state index in [1.807, 2.05) is 0 Å². The fraction of sp³-hybridized carbons (Fsp3) is 0.176. The van der Waals surface area contributed by atoms with Crippen LogP contribution in [0.2, 0.25) is 0 Å². The van der Waals surface area contributed by atoms with Gasteiger partial charge in [-0.1, -0.05) is 12.1 Å². The molecule has 1 aromatic heterocycles. The molecule has 1 aliphatic rings. The molecule has 3 rings (SSSR count). The molecule has 2 aromatic rings. The minimum absolute atomic E-state index is 0.0271. The molecule has 0 bridgehead atoms. The fourth-order valence-corrected chi connectivity index (χ4v) is 2.50. The number of pyridine rings is 1. The van der Waals surface area contributed by atoms with Crippen molar-refractivity contribution in [2.75, 3.05) is 25.0 Å². The van der Waals surface area contributed by atoms with E-state index >= 15 is 0 Å². The summed E-state index contributed by atoms with van der Waals surface area (Å²) in [5.41, 5.74) is 0.398. The summed E-state index contributed by atoms with van der Waals surface area (Å²) in [5.74, 6) is -1.39. The second kappa shape index (κ2) is 7.60. The molecule has 10 heteroatoms. The highest BCUT2D eigenvalue weighted by atomic mass is 16.6. The molecule has 2 heterocycles. The lowest BCUT2D eigenvalue weighted by molar-refractivity contribution is -0.385. The van der Waals surface area contributed by atoms with Gasteiger partial charge in [0.1, 0.15) is 25.2 Å². The smallest absolute Gasteiger partial charge is 0.326 e. The number of hydrogen-bond acceptors (Lipinski definition) is 8. The van der Waals surface area contributed by atoms with Gasteiger partial charge in [-0.2, -0.15) is 0 Å². The van der Waals surface area contributed by atoms with Crippen molar-refractivity contribution in [1.29, 1.82) is 0 Å². The quantitative estimate of drug-likeness (QED) is 0.253. The topological polar surface area (TPSA) is 132 Å². The lowest BCUT2D eigenvalue weighted by Crippen LogP contribution is -2.36. The summed E-state index contributed by atoms with van der Waals surface area (Å²) in [6, 6.07) is 9.07. The Morgan fingerprint density at radius 2 is 1.81 bits per heavy atom. The van der Waals surface area contributed by atoms with Crippen LogP contribution >= 0.6 is 0 Å². The highest BCUT2D eigenvalue weighted by molar-refractivity contribution is 6.22. The highest BCUT2D eigenvalue weighted by Crippen LogP contribution is 2.22. The van der Waals surface area contributed by atoms with Crippen molar-refractivity contribution < 1.29 is 24.0 Å². The average molecular weight is 370 g/mol. The van der Waals surface area contributed by atoms with E-state index in [9.17, 15) is 24.5 Å². The Kier molecular flexibility index (Phi) is 5.06. The molecular weight excluding hydrogens is 356 g/mol. The van der Waals surface area contributed by atoms with E-state index in [-0.39, 0.29) is 30.0 Å². The summed E-state index contributed by atoms with van der Waals surface area (Å²) in [4.78, 5) is 50.9. The summed E-state index contributed by atoms with van der Waals surface area (Å²) in [7, 11) is 0. The number of rotatable bonds is 7. The van der Waals surface area contributed by atoms with E-state index in [1.54, 1.807) is 12.1 Å². The number of nitro groups is 1. The highest BCUT2D eigenvalue weighted by Gasteiger charge is 2.36. The molecule has 0 radical (unpaired) electrons. The molecule has 1 aliphatic heterocycles. The largest absolute Gasteiger partial charge is 0.462 e. The van der Waals surface area contributed by atoms with Gasteiger partial charge in [0.05, 0.1) is 22.6 Å². The number of hydrogen-bond donors (Lipinski definition) is 1. The third kappa shape index (κ3) is 3.89. The van der Waals surface area contributed by atoms with E-state index in [1.165, 1.54) is 24.3 Å². The number of carbonyl (C=O) groups is 3. The van der Waals surface area contributed by atoms with E-state index in [2.05, 4.69) is 10.3 Å². The van der Waals surface area contributed by atoms with Gasteiger partial charge in [-0.3, -0.25) is 29.4 Å². The molecule has 0 atom stereocenters. The molecule has 27 heavy (non-hydrogen) atoms. The monoisotopic (exact) mass is 370 g/mol. The number of carbonyl (C=O) groups excluding carboxylic acids is 3. The number of esters is 1. The van der Waals surface area contributed by atoms with E-state index in [0.29, 0.717) is 5.82 Å². The molecule has 0 aliphatic carbocycles. The standard InChI is InChI=1S/C17H14N4O6/c22-15(10-20-16(23)12-3-1-2-4-13(12)17(20)24)27-8-7-18-14-6-5-11(9-19-14)21(25)26/h1-6,9H,7-8,10H2,(H,18,19). The molecule has 0 saturated carbocycles. The molecule has 10 nitrogen and oxygen atoms in total. The molecular formula is C17H14N4O6. The van der Waals surface area contributed by atoms with Crippen LogP contribution in [-0.2, 0) is 9.53 Å². The van der Waals surface area contributed by atoms with Gasteiger partial charge in [-0.25, -0.2) is 4.98 Å². The van der Waals surface area contributed by atoms with Crippen molar-refractivity contribution in [2.24, 2.45) is 0 Å². The first-order valence-corrected chi connectivity index (χ1v) is 7.92. The van der Waals surface area contributed by atoms with Crippen molar-refractivity contribution in [3.8, 4) is 0 Å². The molecule has 1 N–H and O–H groups in total. The fourth-order valence-electron chi connectivity index (χ4n) is 2.50. The Labute approximate surface area is 152 Å². The Morgan fingerprint density at radius 3 is 2.37 bits per heavy atom. The van der Waals surface area contributed by atoms with Gasteiger partial charge in [0.25, 0.3) is 17.5 Å². The number of imide groups is 1. The number of anilines is 1. The summed E-state index contributed by atoms with van der Waals surface area (Å²) in [6.07, 6.45) is 1.11. The van der Waals surface area contributed by atoms with Crippen LogP contribution in [0.25, 0.3) is 0 Å². The minimum Gasteiger partial charge on any atom is -0.462 e. The predicted molar refractivity (Wildman–Crippen MR) is 92.1 cm³/mol. The number of nitrogens with one attached hydrogen (secondary N) is 1. The molecule has 138 valence electrons. The number of nitrogens with zero attached hydrogens (tertiary/aromatic N) is 3. The van der Waals surface area contributed by atoms with Gasteiger partial charge in [0.15, 0.2) is 0 Å². The number of aromatic nitrogens is 1. The van der Waals surface area contributed by atoms with Crippen LogP contribution in [0, 0.1) is 10.1 Å². The van der Waals surface area contributed by atoms with E-state index in [4.69, 9.17) is 4.74 Å². The molecule has 0 spiro atoms. The minimum atomic E-state index is -0.719. The van der Waals surface area contributed by atoms with Crippen LogP contribution < -0.4 is 5.32 Å². The zero-order valence-electron chi connectivity index (χ0n) is 14.0. The summed E-state index contributed by atoms with van der Waals surface area (Å²) >= 11 is 0. The van der Waals surface area contributed by atoms with Crippen LogP contribution in [-0.4, -0.2) is 52.3 Å². The SMILES string of the molecule is O=C(CN1C(=O)c2ccccc2C1=O)OCCNc1ccc([N+](=O)[O-])cn1. The zero-order chi connectivity index (χ0) is 19.4. The molecule has 0 unspecified atom stereocenters. The van der Waals surface area contributed by atoms with Gasteiger partial charge < -0.3 is 10.1 Å². The van der Waals surface area contributed by atoms with Crippen molar-refractivity contribution in [3.05, 3.63) is 63.8 Å². The molecule has 0 saturated heterocycles. The Bertz CT molecular complexity index is 877. The van der Waals surface area contributed by atoms with Crippen LogP contribution in [0.4, 0.5) is 11.5 Å². The first-order valence-electron chi connectivity index (χ1n) is 7.92. The van der Waals surface area contributed by atoms with Crippen LogP contribution in [0.1, 0.15) is 20.7 Å². The normalized spacial score (nSPS) is 12.7. The third-order valence-corrected chi connectivity index (χ3v) is 3.80. The third-order valence-electron chi connectivity index (χ3n) is 3.80. The number of benzene rings is 1. The van der Waals surface area contributed by atoms with Crippen molar-refractivity contribution in [2.45, 2.75) is 0 Å². The first-order chi connectivity index (χ1) is 13.0. The maximum atomic E-state index is 12.2. The van der Waals surface area contributed by atoms with Gasteiger partial charge in [0, 0.05) is 6.07 Å². The second-order valence-corrected chi connectivity index (χ2v) is 5.55. The lowest BCUT2D eigenvalue weighted by atomic mass is 10.1. The van der Waals surface area contributed by atoms with E-state index in [0.717, 1.165) is 11.1 Å². The average Bonchev–Trinajstić information content (AvgIpc) is 2.91. The van der Waals surface area contributed by atoms with Crippen LogP contribution in [0.15, 0.2) is 42.6 Å². The van der Waals surface area contributed by atoms with Crippen molar-refractivity contribution in [1.82, 2.24) is 9.88 Å². The Hall–Kier alpha value is -3.82. The number of ether oxygens (including phenoxy) is 1. The Balaban J connectivity index is 1.45. The Morgan fingerprint density at radius 1 is 1.15 bits per heavy atom. The lowest BCUT2D eigenvalue weighted by Gasteiger charge is -2.13. The zero-order valence-corrected chi connectivity index (χ0v) is 14.0. The maximum Gasteiger partial charge on any atom is 0.326 e. The number of amides is 2. The molecule has 2 amide bonds. The predicted octanol–water partition coefficient (Wildman–Crippen LogP) is 1.24. The molecule has 0 fully saturated rings.